The summed E-state index contributed by atoms with van der Waals surface area (Å²) in [6.07, 6.45) is 0.402. The molecule has 1 aliphatic rings. The van der Waals surface area contributed by atoms with Gasteiger partial charge in [0.25, 0.3) is 0 Å². The Bertz CT molecular complexity index is 773. The summed E-state index contributed by atoms with van der Waals surface area (Å²) in [5, 5.41) is 6.65. The topological polar surface area (TPSA) is 88.3 Å². The van der Waals surface area contributed by atoms with Gasteiger partial charge in [-0.05, 0) is 17.7 Å². The molecule has 9 heteroatoms. The largest absolute Gasteiger partial charge is 0.341 e. The smallest absolute Gasteiger partial charge is 0.234 e. The van der Waals surface area contributed by atoms with E-state index in [2.05, 4.69) is 15.5 Å². The van der Waals surface area contributed by atoms with Gasteiger partial charge in [0.05, 0.1) is 17.9 Å². The summed E-state index contributed by atoms with van der Waals surface area (Å²) in [6.45, 7) is 3.40. The quantitative estimate of drug-likeness (QED) is 0.755. The number of rotatable bonds is 7. The SMILES string of the molecule is Cc1nc(CSCC(=O)Nc2ccc(CC(=O)N3CCSCC3)cc2)no1. The molecule has 1 fully saturated rings. The molecule has 0 unspecified atom stereocenters. The van der Waals surface area contributed by atoms with Gasteiger partial charge < -0.3 is 14.7 Å². The van der Waals surface area contributed by atoms with E-state index in [9.17, 15) is 9.59 Å². The number of hydrogen-bond acceptors (Lipinski definition) is 7. The first-order chi connectivity index (χ1) is 13.1. The van der Waals surface area contributed by atoms with Gasteiger partial charge in [0.2, 0.25) is 17.7 Å². The van der Waals surface area contributed by atoms with Gasteiger partial charge in [-0.2, -0.15) is 16.7 Å². The van der Waals surface area contributed by atoms with Crippen LogP contribution in [0.3, 0.4) is 0 Å². The Labute approximate surface area is 166 Å². The van der Waals surface area contributed by atoms with Gasteiger partial charge in [0.15, 0.2) is 5.82 Å². The van der Waals surface area contributed by atoms with Crippen LogP contribution in [0.15, 0.2) is 28.8 Å². The number of amides is 2. The molecule has 0 bridgehead atoms. The highest BCUT2D eigenvalue weighted by molar-refractivity contribution is 7.99. The second-order valence-electron chi connectivity index (χ2n) is 6.14. The van der Waals surface area contributed by atoms with Crippen molar-refractivity contribution >= 4 is 41.0 Å². The van der Waals surface area contributed by atoms with Gasteiger partial charge in [-0.25, -0.2) is 0 Å². The number of carbonyl (C=O) groups excluding carboxylic acids is 2. The lowest BCUT2D eigenvalue weighted by Crippen LogP contribution is -2.38. The van der Waals surface area contributed by atoms with Crippen LogP contribution in [-0.4, -0.2) is 57.2 Å². The molecule has 0 spiro atoms. The first-order valence-electron chi connectivity index (χ1n) is 8.71. The summed E-state index contributed by atoms with van der Waals surface area (Å²) >= 11 is 3.31. The highest BCUT2D eigenvalue weighted by Gasteiger charge is 2.16. The van der Waals surface area contributed by atoms with E-state index in [1.54, 1.807) is 6.92 Å². The van der Waals surface area contributed by atoms with Crippen molar-refractivity contribution < 1.29 is 14.1 Å². The molecule has 1 aliphatic heterocycles. The lowest BCUT2D eigenvalue weighted by Gasteiger charge is -2.26. The van der Waals surface area contributed by atoms with Gasteiger partial charge in [-0.1, -0.05) is 17.3 Å². The van der Waals surface area contributed by atoms with Crippen LogP contribution >= 0.6 is 23.5 Å². The van der Waals surface area contributed by atoms with Crippen LogP contribution < -0.4 is 5.32 Å². The molecule has 0 saturated carbocycles. The molecule has 3 rings (SSSR count). The zero-order valence-corrected chi connectivity index (χ0v) is 16.8. The summed E-state index contributed by atoms with van der Waals surface area (Å²) < 4.78 is 4.89. The Morgan fingerprint density at radius 2 is 2.00 bits per heavy atom. The maximum atomic E-state index is 12.3. The molecule has 0 radical (unpaired) electrons. The molecule has 7 nitrogen and oxygen atoms in total. The molecule has 1 aromatic carbocycles. The Hall–Kier alpha value is -2.00. The van der Waals surface area contributed by atoms with E-state index in [1.165, 1.54) is 11.8 Å². The minimum absolute atomic E-state index is 0.0881. The fraction of sp³-hybridized carbons (Fsp3) is 0.444. The standard InChI is InChI=1S/C18H22N4O3S2/c1-13-19-16(21-25-13)11-27-12-17(23)20-15-4-2-14(3-5-15)10-18(24)22-6-8-26-9-7-22/h2-5H,6-12H2,1H3,(H,20,23). The van der Waals surface area contributed by atoms with Crippen molar-refractivity contribution in [1.82, 2.24) is 15.0 Å². The van der Waals surface area contributed by atoms with Crippen molar-refractivity contribution in [3.63, 3.8) is 0 Å². The molecular weight excluding hydrogens is 384 g/mol. The van der Waals surface area contributed by atoms with Gasteiger partial charge >= 0.3 is 0 Å². The van der Waals surface area contributed by atoms with Crippen molar-refractivity contribution in [3.05, 3.63) is 41.5 Å². The van der Waals surface area contributed by atoms with Crippen LogP contribution in [0, 0.1) is 6.92 Å². The van der Waals surface area contributed by atoms with Crippen molar-refractivity contribution in [2.24, 2.45) is 0 Å². The van der Waals surface area contributed by atoms with Crippen molar-refractivity contribution in [2.45, 2.75) is 19.1 Å². The zero-order valence-electron chi connectivity index (χ0n) is 15.1. The molecule has 144 valence electrons. The molecule has 2 aromatic rings. The average Bonchev–Trinajstić information content (AvgIpc) is 3.09. The molecule has 2 heterocycles. The molecule has 0 atom stereocenters. The number of nitrogens with one attached hydrogen (secondary N) is 1. The Morgan fingerprint density at radius 3 is 2.67 bits per heavy atom. The molecule has 0 aliphatic carbocycles. The predicted octanol–water partition coefficient (Wildman–Crippen LogP) is 2.37. The van der Waals surface area contributed by atoms with E-state index in [0.717, 1.165) is 35.8 Å². The van der Waals surface area contributed by atoms with E-state index in [1.807, 2.05) is 40.9 Å². The van der Waals surface area contributed by atoms with Crippen LogP contribution in [0.4, 0.5) is 5.69 Å². The first kappa shape index (κ1) is 19.8. The Balaban J connectivity index is 1.41. The number of anilines is 1. The van der Waals surface area contributed by atoms with Gasteiger partial charge in [0, 0.05) is 37.2 Å². The molecular formula is C18H22N4O3S2. The van der Waals surface area contributed by atoms with Crippen LogP contribution in [0.1, 0.15) is 17.3 Å². The maximum absolute atomic E-state index is 12.3. The summed E-state index contributed by atoms with van der Waals surface area (Å²) in [5.41, 5.74) is 1.68. The number of thioether (sulfide) groups is 2. The van der Waals surface area contributed by atoms with Crippen LogP contribution in [0.5, 0.6) is 0 Å². The van der Waals surface area contributed by atoms with Crippen molar-refractivity contribution in [2.75, 3.05) is 35.7 Å². The lowest BCUT2D eigenvalue weighted by molar-refractivity contribution is -0.130. The van der Waals surface area contributed by atoms with Gasteiger partial charge in [-0.15, -0.1) is 11.8 Å². The van der Waals surface area contributed by atoms with E-state index < -0.39 is 0 Å². The predicted molar refractivity (Wildman–Crippen MR) is 108 cm³/mol. The lowest BCUT2D eigenvalue weighted by atomic mass is 10.1. The summed E-state index contributed by atoms with van der Waals surface area (Å²) in [4.78, 5) is 30.3. The molecule has 2 amide bonds. The zero-order chi connectivity index (χ0) is 19.1. The maximum Gasteiger partial charge on any atom is 0.234 e. The third-order valence-electron chi connectivity index (χ3n) is 3.99. The number of carbonyl (C=O) groups is 2. The number of hydrogen-bond donors (Lipinski definition) is 1. The Morgan fingerprint density at radius 1 is 1.26 bits per heavy atom. The number of nitrogens with zero attached hydrogens (tertiary/aromatic N) is 3. The summed E-state index contributed by atoms with van der Waals surface area (Å²) in [7, 11) is 0. The third kappa shape index (κ3) is 6.28. The normalized spacial score (nSPS) is 14.2. The molecule has 1 saturated heterocycles. The van der Waals surface area contributed by atoms with Crippen LogP contribution in [-0.2, 0) is 21.8 Å². The molecule has 27 heavy (non-hydrogen) atoms. The fourth-order valence-electron chi connectivity index (χ4n) is 2.64. The summed E-state index contributed by atoms with van der Waals surface area (Å²) in [6, 6.07) is 7.45. The van der Waals surface area contributed by atoms with Gasteiger partial charge in [-0.3, -0.25) is 9.59 Å². The number of benzene rings is 1. The average molecular weight is 407 g/mol. The second kappa shape index (κ2) is 9.80. The van der Waals surface area contributed by atoms with E-state index in [4.69, 9.17) is 4.52 Å². The third-order valence-corrected chi connectivity index (χ3v) is 5.86. The van der Waals surface area contributed by atoms with Crippen LogP contribution in [0.25, 0.3) is 0 Å². The van der Waals surface area contributed by atoms with Crippen molar-refractivity contribution in [3.8, 4) is 0 Å². The highest BCUT2D eigenvalue weighted by Crippen LogP contribution is 2.15. The van der Waals surface area contributed by atoms with Crippen molar-refractivity contribution in [1.29, 1.82) is 0 Å². The minimum atomic E-state index is -0.0881. The first-order valence-corrected chi connectivity index (χ1v) is 11.0. The van der Waals surface area contributed by atoms with E-state index in [0.29, 0.717) is 29.6 Å². The highest BCUT2D eigenvalue weighted by atomic mass is 32.2. The van der Waals surface area contributed by atoms with Gasteiger partial charge in [0.1, 0.15) is 0 Å². The second-order valence-corrected chi connectivity index (χ2v) is 8.35. The van der Waals surface area contributed by atoms with Crippen LogP contribution in [0.2, 0.25) is 0 Å². The van der Waals surface area contributed by atoms with E-state index in [-0.39, 0.29) is 11.8 Å². The number of aryl methyl sites for hydroxylation is 1. The fourth-order valence-corrected chi connectivity index (χ4v) is 4.20. The summed E-state index contributed by atoms with van der Waals surface area (Å²) in [5.74, 6) is 4.05. The molecule has 1 aromatic heterocycles. The minimum Gasteiger partial charge on any atom is -0.341 e. The molecule has 1 N–H and O–H groups in total. The Kier molecular flexibility index (Phi) is 7.17. The van der Waals surface area contributed by atoms with E-state index >= 15 is 0 Å². The number of aromatic nitrogens is 2. The monoisotopic (exact) mass is 406 g/mol.